The highest BCUT2D eigenvalue weighted by Gasteiger charge is 2.42. The number of rotatable bonds is 2. The molecule has 3 aromatic rings. The monoisotopic (exact) mass is 366 g/mol. The minimum Gasteiger partial charge on any atom is -0.367 e. The highest BCUT2D eigenvalue weighted by atomic mass is 19.4. The summed E-state index contributed by atoms with van der Waals surface area (Å²) < 4.78 is 43.3. The minimum atomic E-state index is -4.55. The van der Waals surface area contributed by atoms with E-state index in [2.05, 4.69) is 15.2 Å². The first-order valence-corrected chi connectivity index (χ1v) is 8.33. The Morgan fingerprint density at radius 1 is 1.19 bits per heavy atom. The van der Waals surface area contributed by atoms with Crippen LogP contribution >= 0.6 is 0 Å². The Kier molecular flexibility index (Phi) is 3.78. The summed E-state index contributed by atoms with van der Waals surface area (Å²) in [4.78, 5) is 16.2. The lowest BCUT2D eigenvalue weighted by Gasteiger charge is -2.29. The molecule has 0 aliphatic carbocycles. The molecule has 0 spiro atoms. The lowest BCUT2D eigenvalue weighted by molar-refractivity contribution is -0.143. The number of alkyl halides is 3. The second kappa shape index (κ2) is 5.89. The molecule has 10 heteroatoms. The van der Waals surface area contributed by atoms with E-state index in [4.69, 9.17) is 0 Å². The van der Waals surface area contributed by atoms with Crippen molar-refractivity contribution < 1.29 is 13.2 Å². The molecule has 0 bridgehead atoms. The SMILES string of the molecule is Cn1nc(-n2ncc3c(=O)[nH]ccc32)c(N2CCCCC2)c1C(F)(F)F. The number of nitrogens with one attached hydrogen (secondary N) is 1. The van der Waals surface area contributed by atoms with Crippen LogP contribution in [0.1, 0.15) is 25.0 Å². The van der Waals surface area contributed by atoms with Gasteiger partial charge in [-0.2, -0.15) is 23.4 Å². The second-order valence-corrected chi connectivity index (χ2v) is 6.35. The van der Waals surface area contributed by atoms with Crippen LogP contribution in [0.4, 0.5) is 18.9 Å². The smallest absolute Gasteiger partial charge is 0.367 e. The summed E-state index contributed by atoms with van der Waals surface area (Å²) in [5, 5.41) is 8.57. The summed E-state index contributed by atoms with van der Waals surface area (Å²) in [5.41, 5.74) is -0.716. The number of H-pyrrole nitrogens is 1. The minimum absolute atomic E-state index is 0.0185. The highest BCUT2D eigenvalue weighted by molar-refractivity contribution is 5.80. The number of aromatic amines is 1. The van der Waals surface area contributed by atoms with Gasteiger partial charge >= 0.3 is 6.18 Å². The first kappa shape index (κ1) is 16.7. The molecule has 1 fully saturated rings. The van der Waals surface area contributed by atoms with Crippen LogP contribution in [0.2, 0.25) is 0 Å². The van der Waals surface area contributed by atoms with E-state index in [0.717, 1.165) is 23.9 Å². The highest BCUT2D eigenvalue weighted by Crippen LogP contribution is 2.41. The van der Waals surface area contributed by atoms with Gasteiger partial charge in [-0.25, -0.2) is 4.68 Å². The lowest BCUT2D eigenvalue weighted by atomic mass is 10.1. The summed E-state index contributed by atoms with van der Waals surface area (Å²) in [7, 11) is 1.28. The first-order valence-electron chi connectivity index (χ1n) is 8.33. The number of hydrogen-bond acceptors (Lipinski definition) is 4. The number of hydrogen-bond donors (Lipinski definition) is 1. The second-order valence-electron chi connectivity index (χ2n) is 6.35. The molecule has 4 heterocycles. The molecule has 0 amide bonds. The van der Waals surface area contributed by atoms with Gasteiger partial charge in [0.15, 0.2) is 11.5 Å². The maximum atomic E-state index is 13.7. The Balaban J connectivity index is 1.98. The van der Waals surface area contributed by atoms with Crippen LogP contribution < -0.4 is 10.5 Å². The molecular weight excluding hydrogens is 349 g/mol. The van der Waals surface area contributed by atoms with Crippen molar-refractivity contribution in [3.63, 3.8) is 0 Å². The van der Waals surface area contributed by atoms with E-state index in [9.17, 15) is 18.0 Å². The number of aryl methyl sites for hydroxylation is 1. The van der Waals surface area contributed by atoms with Crippen molar-refractivity contribution in [2.75, 3.05) is 18.0 Å². The van der Waals surface area contributed by atoms with Gasteiger partial charge in [0.1, 0.15) is 5.69 Å². The number of pyridine rings is 1. The molecule has 4 rings (SSSR count). The molecule has 0 saturated carbocycles. The molecule has 1 aliphatic heterocycles. The average molecular weight is 366 g/mol. The zero-order valence-corrected chi connectivity index (χ0v) is 14.0. The number of nitrogens with zero attached hydrogens (tertiary/aromatic N) is 5. The molecule has 26 heavy (non-hydrogen) atoms. The fourth-order valence-electron chi connectivity index (χ4n) is 3.50. The molecule has 0 aromatic carbocycles. The third-order valence-corrected chi connectivity index (χ3v) is 4.65. The van der Waals surface area contributed by atoms with Gasteiger partial charge in [-0.05, 0) is 25.3 Å². The topological polar surface area (TPSA) is 71.7 Å². The third kappa shape index (κ3) is 2.56. The van der Waals surface area contributed by atoms with E-state index in [1.807, 2.05) is 0 Å². The molecule has 7 nitrogen and oxygen atoms in total. The van der Waals surface area contributed by atoms with Gasteiger partial charge in [-0.1, -0.05) is 0 Å². The molecule has 0 atom stereocenters. The molecule has 3 aromatic heterocycles. The van der Waals surface area contributed by atoms with Gasteiger partial charge in [0.2, 0.25) is 0 Å². The zero-order valence-electron chi connectivity index (χ0n) is 14.0. The van der Waals surface area contributed by atoms with Gasteiger partial charge in [0.25, 0.3) is 5.56 Å². The van der Waals surface area contributed by atoms with Crippen molar-refractivity contribution in [1.82, 2.24) is 24.5 Å². The van der Waals surface area contributed by atoms with E-state index >= 15 is 0 Å². The van der Waals surface area contributed by atoms with Crippen molar-refractivity contribution in [2.24, 2.45) is 7.05 Å². The molecule has 138 valence electrons. The van der Waals surface area contributed by atoms with E-state index in [-0.39, 0.29) is 17.1 Å². The molecule has 0 unspecified atom stereocenters. The molecule has 1 saturated heterocycles. The summed E-state index contributed by atoms with van der Waals surface area (Å²) in [5.74, 6) is 0.0855. The molecule has 1 aliphatic rings. The Labute approximate surface area is 146 Å². The first-order chi connectivity index (χ1) is 12.4. The number of fused-ring (bicyclic) bond motifs is 1. The van der Waals surface area contributed by atoms with Crippen LogP contribution in [-0.2, 0) is 13.2 Å². The van der Waals surface area contributed by atoms with Crippen LogP contribution in [0.15, 0.2) is 23.3 Å². The van der Waals surface area contributed by atoms with Gasteiger partial charge in [0.05, 0.1) is 17.1 Å². The Bertz CT molecular complexity index is 1010. The number of piperidine rings is 1. The third-order valence-electron chi connectivity index (χ3n) is 4.65. The van der Waals surface area contributed by atoms with Crippen LogP contribution in [0.5, 0.6) is 0 Å². The Morgan fingerprint density at radius 3 is 2.62 bits per heavy atom. The van der Waals surface area contributed by atoms with Crippen molar-refractivity contribution in [1.29, 1.82) is 0 Å². The van der Waals surface area contributed by atoms with E-state index in [0.29, 0.717) is 24.0 Å². The number of halogens is 3. The van der Waals surface area contributed by atoms with E-state index < -0.39 is 11.9 Å². The summed E-state index contributed by atoms with van der Waals surface area (Å²) in [6, 6.07) is 1.60. The van der Waals surface area contributed by atoms with Crippen LogP contribution in [0.25, 0.3) is 16.7 Å². The predicted molar refractivity (Wildman–Crippen MR) is 89.5 cm³/mol. The summed E-state index contributed by atoms with van der Waals surface area (Å²) in [6.07, 6.45) is 0.879. The number of anilines is 1. The van der Waals surface area contributed by atoms with Crippen LogP contribution in [0.3, 0.4) is 0 Å². The normalized spacial score (nSPS) is 15.8. The van der Waals surface area contributed by atoms with Gasteiger partial charge in [0, 0.05) is 26.3 Å². The fourth-order valence-corrected chi connectivity index (χ4v) is 3.50. The van der Waals surface area contributed by atoms with Crippen molar-refractivity contribution >= 4 is 16.6 Å². The zero-order chi connectivity index (χ0) is 18.5. The molecule has 1 N–H and O–H groups in total. The Morgan fingerprint density at radius 2 is 1.92 bits per heavy atom. The van der Waals surface area contributed by atoms with Crippen molar-refractivity contribution in [3.8, 4) is 5.82 Å². The van der Waals surface area contributed by atoms with Crippen molar-refractivity contribution in [2.45, 2.75) is 25.4 Å². The summed E-state index contributed by atoms with van der Waals surface area (Å²) in [6.45, 7) is 1.06. The standard InChI is InChI=1S/C16H17F3N6O/c1-23-13(16(17,18)19)12(24-7-3-2-4-8-24)14(22-23)25-11-5-6-20-15(26)10(11)9-21-25/h5-6,9H,2-4,7-8H2,1H3,(H,20,26). The fraction of sp³-hybridized carbons (Fsp3) is 0.438. The average Bonchev–Trinajstić information content (AvgIpc) is 3.17. The lowest BCUT2D eigenvalue weighted by Crippen LogP contribution is -2.32. The maximum absolute atomic E-state index is 13.7. The molecule has 0 radical (unpaired) electrons. The number of aromatic nitrogens is 5. The summed E-state index contributed by atoms with van der Waals surface area (Å²) >= 11 is 0. The largest absolute Gasteiger partial charge is 0.435 e. The van der Waals surface area contributed by atoms with Crippen LogP contribution in [0, 0.1) is 0 Å². The Hall–Kier alpha value is -2.78. The van der Waals surface area contributed by atoms with Crippen molar-refractivity contribution in [3.05, 3.63) is 34.5 Å². The van der Waals surface area contributed by atoms with Gasteiger partial charge < -0.3 is 9.88 Å². The van der Waals surface area contributed by atoms with E-state index in [1.165, 1.54) is 24.1 Å². The van der Waals surface area contributed by atoms with Crippen LogP contribution in [-0.4, -0.2) is 37.6 Å². The maximum Gasteiger partial charge on any atom is 0.435 e. The quantitative estimate of drug-likeness (QED) is 0.756. The predicted octanol–water partition coefficient (Wildman–Crippen LogP) is 2.46. The van der Waals surface area contributed by atoms with E-state index in [1.54, 1.807) is 11.0 Å². The van der Waals surface area contributed by atoms with Gasteiger partial charge in [-0.3, -0.25) is 9.48 Å². The van der Waals surface area contributed by atoms with Gasteiger partial charge in [-0.15, -0.1) is 0 Å². The molecular formula is C16H17F3N6O.